The van der Waals surface area contributed by atoms with Crippen LogP contribution in [0.4, 0.5) is 17.2 Å². The average Bonchev–Trinajstić information content (AvgIpc) is 2.57. The van der Waals surface area contributed by atoms with Crippen molar-refractivity contribution < 1.29 is 4.79 Å². The number of benzene rings is 2. The number of amides is 1. The van der Waals surface area contributed by atoms with Gasteiger partial charge in [-0.1, -0.05) is 35.9 Å². The predicted molar refractivity (Wildman–Crippen MR) is 93.1 cm³/mol. The Bertz CT molecular complexity index is 798. The fourth-order valence-electron chi connectivity index (χ4n) is 2.20. The van der Waals surface area contributed by atoms with Crippen LogP contribution in [-0.4, -0.2) is 10.9 Å². The van der Waals surface area contributed by atoms with Gasteiger partial charge in [0.25, 0.3) is 5.91 Å². The maximum atomic E-state index is 12.2. The van der Waals surface area contributed by atoms with Gasteiger partial charge in [0, 0.05) is 11.3 Å². The van der Waals surface area contributed by atoms with Crippen LogP contribution in [0.3, 0.4) is 0 Å². The zero-order valence-corrected chi connectivity index (χ0v) is 12.8. The molecule has 3 rings (SSSR count). The molecule has 1 amide bonds. The zero-order valence-electron chi connectivity index (χ0n) is 12.8. The summed E-state index contributed by atoms with van der Waals surface area (Å²) in [5.74, 6) is 0.587. The molecule has 4 heteroatoms. The summed E-state index contributed by atoms with van der Waals surface area (Å²) in [5.41, 5.74) is 3.32. The Morgan fingerprint density at radius 3 is 2.43 bits per heavy atom. The highest BCUT2D eigenvalue weighted by molar-refractivity contribution is 6.04. The summed E-state index contributed by atoms with van der Waals surface area (Å²) in [4.78, 5) is 16.5. The van der Waals surface area contributed by atoms with Gasteiger partial charge in [0.1, 0.15) is 5.82 Å². The maximum absolute atomic E-state index is 12.2. The number of nitrogens with zero attached hydrogens (tertiary/aromatic N) is 1. The highest BCUT2D eigenvalue weighted by Gasteiger charge is 2.06. The molecule has 1 heterocycles. The number of para-hydroxylation sites is 1. The fourth-order valence-corrected chi connectivity index (χ4v) is 2.20. The molecule has 0 fully saturated rings. The Morgan fingerprint density at radius 1 is 0.913 bits per heavy atom. The van der Waals surface area contributed by atoms with Crippen LogP contribution >= 0.6 is 0 Å². The summed E-state index contributed by atoms with van der Waals surface area (Å²) < 4.78 is 0. The average molecular weight is 303 g/mol. The van der Waals surface area contributed by atoms with E-state index in [0.717, 1.165) is 17.1 Å². The predicted octanol–water partition coefficient (Wildman–Crippen LogP) is 4.39. The van der Waals surface area contributed by atoms with Crippen LogP contribution in [0.25, 0.3) is 0 Å². The van der Waals surface area contributed by atoms with Crippen LogP contribution in [-0.2, 0) is 0 Å². The van der Waals surface area contributed by atoms with Crippen molar-refractivity contribution in [2.45, 2.75) is 6.92 Å². The molecule has 0 aliphatic heterocycles. The maximum Gasteiger partial charge on any atom is 0.255 e. The molecule has 3 aromatic rings. The van der Waals surface area contributed by atoms with E-state index in [1.165, 1.54) is 0 Å². The molecule has 2 N–H and O–H groups in total. The number of carbonyl (C=O) groups excluding carboxylic acids is 1. The lowest BCUT2D eigenvalue weighted by Crippen LogP contribution is -2.12. The van der Waals surface area contributed by atoms with Gasteiger partial charge < -0.3 is 10.6 Å². The third-order valence-corrected chi connectivity index (χ3v) is 3.35. The van der Waals surface area contributed by atoms with Gasteiger partial charge in [0.2, 0.25) is 0 Å². The number of aromatic nitrogens is 1. The molecule has 0 aliphatic rings. The van der Waals surface area contributed by atoms with E-state index in [-0.39, 0.29) is 5.91 Å². The highest BCUT2D eigenvalue weighted by Crippen LogP contribution is 2.16. The van der Waals surface area contributed by atoms with E-state index in [2.05, 4.69) is 15.6 Å². The number of anilines is 3. The van der Waals surface area contributed by atoms with Crippen LogP contribution < -0.4 is 10.6 Å². The van der Waals surface area contributed by atoms with E-state index in [1.54, 1.807) is 12.3 Å². The Balaban J connectivity index is 1.67. The summed E-state index contributed by atoms with van der Waals surface area (Å²) in [6.45, 7) is 1.96. The first kappa shape index (κ1) is 14.8. The van der Waals surface area contributed by atoms with Crippen molar-refractivity contribution >= 4 is 23.1 Å². The van der Waals surface area contributed by atoms with Crippen molar-refractivity contribution in [3.05, 3.63) is 84.1 Å². The van der Waals surface area contributed by atoms with Crippen LogP contribution in [0.2, 0.25) is 0 Å². The molecule has 4 nitrogen and oxygen atoms in total. The third kappa shape index (κ3) is 3.95. The van der Waals surface area contributed by atoms with Gasteiger partial charge in [-0.15, -0.1) is 0 Å². The molecular weight excluding hydrogens is 286 g/mol. The molecule has 114 valence electrons. The van der Waals surface area contributed by atoms with Gasteiger partial charge in [-0.3, -0.25) is 4.79 Å². The van der Waals surface area contributed by atoms with Gasteiger partial charge in [0.05, 0.1) is 11.9 Å². The second-order valence-electron chi connectivity index (χ2n) is 5.25. The van der Waals surface area contributed by atoms with E-state index < -0.39 is 0 Å². The molecule has 0 spiro atoms. The summed E-state index contributed by atoms with van der Waals surface area (Å²) in [7, 11) is 0. The first-order chi connectivity index (χ1) is 11.2. The van der Waals surface area contributed by atoms with Crippen molar-refractivity contribution in [1.29, 1.82) is 0 Å². The van der Waals surface area contributed by atoms with Crippen LogP contribution in [0.5, 0.6) is 0 Å². The molecule has 0 unspecified atom stereocenters. The van der Waals surface area contributed by atoms with Gasteiger partial charge >= 0.3 is 0 Å². The van der Waals surface area contributed by atoms with Crippen molar-refractivity contribution in [3.63, 3.8) is 0 Å². The summed E-state index contributed by atoms with van der Waals surface area (Å²) in [6.07, 6.45) is 1.64. The second kappa shape index (κ2) is 6.75. The first-order valence-electron chi connectivity index (χ1n) is 7.37. The lowest BCUT2D eigenvalue weighted by molar-refractivity contribution is 0.102. The molecule has 23 heavy (non-hydrogen) atoms. The third-order valence-electron chi connectivity index (χ3n) is 3.35. The molecule has 0 saturated heterocycles. The van der Waals surface area contributed by atoms with Gasteiger partial charge in [0.15, 0.2) is 0 Å². The molecule has 1 aromatic heterocycles. The van der Waals surface area contributed by atoms with E-state index in [1.807, 2.05) is 67.6 Å². The van der Waals surface area contributed by atoms with Crippen molar-refractivity contribution in [3.8, 4) is 0 Å². The topological polar surface area (TPSA) is 54.0 Å². The van der Waals surface area contributed by atoms with Crippen molar-refractivity contribution in [2.75, 3.05) is 10.6 Å². The Kier molecular flexibility index (Phi) is 4.34. The van der Waals surface area contributed by atoms with Crippen molar-refractivity contribution in [1.82, 2.24) is 4.98 Å². The quantitative estimate of drug-likeness (QED) is 0.751. The van der Waals surface area contributed by atoms with Gasteiger partial charge in [-0.2, -0.15) is 0 Å². The Hall–Kier alpha value is -3.14. The van der Waals surface area contributed by atoms with Crippen LogP contribution in [0, 0.1) is 6.92 Å². The zero-order chi connectivity index (χ0) is 16.1. The minimum Gasteiger partial charge on any atom is -0.340 e. The van der Waals surface area contributed by atoms with Gasteiger partial charge in [-0.25, -0.2) is 4.98 Å². The minimum atomic E-state index is -0.140. The molecule has 0 atom stereocenters. The molecule has 0 bridgehead atoms. The SMILES string of the molecule is Cc1cccc(C(=O)Nc2ccc(Nc3ccccc3)nc2)c1. The summed E-state index contributed by atoms with van der Waals surface area (Å²) in [6, 6.07) is 20.9. The standard InChI is InChI=1S/C19H17N3O/c1-14-6-5-7-15(12-14)19(23)22-17-10-11-18(20-13-17)21-16-8-3-2-4-9-16/h2-13H,1H3,(H,20,21)(H,22,23). The van der Waals surface area contributed by atoms with Crippen LogP contribution in [0.15, 0.2) is 72.9 Å². The van der Waals surface area contributed by atoms with E-state index in [9.17, 15) is 4.79 Å². The normalized spacial score (nSPS) is 10.1. The molecule has 0 aliphatic carbocycles. The number of aryl methyl sites for hydroxylation is 1. The number of hydrogen-bond donors (Lipinski definition) is 2. The largest absolute Gasteiger partial charge is 0.340 e. The molecule has 0 saturated carbocycles. The summed E-state index contributed by atoms with van der Waals surface area (Å²) >= 11 is 0. The van der Waals surface area contributed by atoms with E-state index in [0.29, 0.717) is 11.3 Å². The number of hydrogen-bond acceptors (Lipinski definition) is 3. The lowest BCUT2D eigenvalue weighted by atomic mass is 10.1. The number of pyridine rings is 1. The number of carbonyl (C=O) groups is 1. The smallest absolute Gasteiger partial charge is 0.255 e. The van der Waals surface area contributed by atoms with Crippen LogP contribution in [0.1, 0.15) is 15.9 Å². The lowest BCUT2D eigenvalue weighted by Gasteiger charge is -2.08. The Morgan fingerprint density at radius 2 is 1.74 bits per heavy atom. The van der Waals surface area contributed by atoms with Crippen molar-refractivity contribution in [2.24, 2.45) is 0 Å². The number of nitrogens with one attached hydrogen (secondary N) is 2. The highest BCUT2D eigenvalue weighted by atomic mass is 16.1. The molecule has 2 aromatic carbocycles. The molecular formula is C19H17N3O. The number of rotatable bonds is 4. The minimum absolute atomic E-state index is 0.140. The Labute approximate surface area is 135 Å². The summed E-state index contributed by atoms with van der Waals surface area (Å²) in [5, 5.41) is 6.05. The fraction of sp³-hybridized carbons (Fsp3) is 0.0526. The second-order valence-corrected chi connectivity index (χ2v) is 5.25. The first-order valence-corrected chi connectivity index (χ1v) is 7.37. The van der Waals surface area contributed by atoms with E-state index >= 15 is 0 Å². The van der Waals surface area contributed by atoms with E-state index in [4.69, 9.17) is 0 Å². The monoisotopic (exact) mass is 303 g/mol. The van der Waals surface area contributed by atoms with Gasteiger partial charge in [-0.05, 0) is 43.3 Å². The molecule has 0 radical (unpaired) electrons.